The van der Waals surface area contributed by atoms with Crippen LogP contribution in [0, 0.1) is 19.7 Å². The topological polar surface area (TPSA) is 137 Å². The van der Waals surface area contributed by atoms with Crippen LogP contribution in [0.3, 0.4) is 0 Å². The molecule has 236 valence electrons. The van der Waals surface area contributed by atoms with Gasteiger partial charge in [-0.3, -0.25) is 9.59 Å². The maximum Gasteiger partial charge on any atom is 0.424 e. The average molecular weight is 647 g/mol. The minimum Gasteiger partial charge on any atom is -0.494 e. The predicted molar refractivity (Wildman–Crippen MR) is 157 cm³/mol. The summed E-state index contributed by atoms with van der Waals surface area (Å²) in [7, 11) is 1.37. The highest BCUT2D eigenvalue weighted by molar-refractivity contribution is 6.31. The molecule has 1 aliphatic heterocycles. The zero-order chi connectivity index (χ0) is 33.1. The molecule has 5 rings (SSSR count). The number of nitrogens with one attached hydrogen (secondary N) is 1. The summed E-state index contributed by atoms with van der Waals surface area (Å²) in [5, 5.41) is 13.6. The Labute approximate surface area is 259 Å². The normalized spacial score (nSPS) is 17.4. The third-order valence-electron chi connectivity index (χ3n) is 8.02. The van der Waals surface area contributed by atoms with E-state index in [0.29, 0.717) is 10.9 Å². The summed E-state index contributed by atoms with van der Waals surface area (Å²) in [6, 6.07) is 8.70. The van der Waals surface area contributed by atoms with Crippen molar-refractivity contribution in [3.05, 3.63) is 81.4 Å². The standard InChI is InChI=1S/C31H27ClF4N4O5/c1-14-7-17-8-18(10-22(44-4)24(17)39-15(14)2)27(41)38-12-30(43,31(34,35)36)23-11-19-26(45-13-29(19,3)28(37)42)25(40-23)16-5-6-21(33)20(32)9-16/h5-11,43H,12-13H2,1-4H3,(H2,37,42)(H,38,41)/t29-,30?/m0/s1. The Morgan fingerprint density at radius 3 is 2.49 bits per heavy atom. The van der Waals surface area contributed by atoms with Gasteiger partial charge in [0.05, 0.1) is 24.4 Å². The first kappa shape index (κ1) is 31.9. The van der Waals surface area contributed by atoms with Crippen LogP contribution >= 0.6 is 11.6 Å². The summed E-state index contributed by atoms with van der Waals surface area (Å²) in [5.74, 6) is -2.51. The Morgan fingerprint density at radius 1 is 1.16 bits per heavy atom. The molecular weight excluding hydrogens is 620 g/mol. The molecule has 45 heavy (non-hydrogen) atoms. The lowest BCUT2D eigenvalue weighted by Gasteiger charge is -2.31. The van der Waals surface area contributed by atoms with Gasteiger partial charge in [-0.1, -0.05) is 11.6 Å². The summed E-state index contributed by atoms with van der Waals surface area (Å²) in [6.45, 7) is 3.28. The SMILES string of the molecule is COc1cc(C(=O)NCC(O)(c2cc3c(c(-c4ccc(F)c(Cl)c4)n2)OC[C@]3(C)C(N)=O)C(F)(F)F)cc2cc(C)c(C)nc12. The van der Waals surface area contributed by atoms with E-state index in [1.807, 2.05) is 6.92 Å². The Morgan fingerprint density at radius 2 is 1.87 bits per heavy atom. The van der Waals surface area contributed by atoms with Crippen molar-refractivity contribution in [3.8, 4) is 22.8 Å². The molecule has 2 aromatic carbocycles. The first-order valence-corrected chi connectivity index (χ1v) is 13.9. The van der Waals surface area contributed by atoms with Crippen LogP contribution in [0.1, 0.15) is 39.8 Å². The lowest BCUT2D eigenvalue weighted by Crippen LogP contribution is -2.51. The Kier molecular flexibility index (Phi) is 7.91. The second-order valence-electron chi connectivity index (χ2n) is 11.0. The molecule has 4 N–H and O–H groups in total. The van der Waals surface area contributed by atoms with Crippen LogP contribution in [-0.2, 0) is 15.8 Å². The van der Waals surface area contributed by atoms with Gasteiger partial charge in [-0.2, -0.15) is 13.2 Å². The molecule has 0 bridgehead atoms. The number of primary amides is 1. The number of amides is 2. The summed E-state index contributed by atoms with van der Waals surface area (Å²) < 4.78 is 69.2. The third-order valence-corrected chi connectivity index (χ3v) is 8.31. The van der Waals surface area contributed by atoms with Gasteiger partial charge >= 0.3 is 6.18 Å². The smallest absolute Gasteiger partial charge is 0.424 e. The maximum atomic E-state index is 14.7. The van der Waals surface area contributed by atoms with Crippen LogP contribution < -0.4 is 20.5 Å². The highest BCUT2D eigenvalue weighted by Crippen LogP contribution is 2.48. The number of rotatable bonds is 7. The van der Waals surface area contributed by atoms with Crippen molar-refractivity contribution in [1.29, 1.82) is 0 Å². The van der Waals surface area contributed by atoms with Crippen molar-refractivity contribution in [3.63, 3.8) is 0 Å². The molecule has 0 aliphatic carbocycles. The Hall–Kier alpha value is -4.49. The second-order valence-corrected chi connectivity index (χ2v) is 11.4. The first-order chi connectivity index (χ1) is 21.0. The number of carbonyl (C=O) groups excluding carboxylic acids is 2. The fourth-order valence-electron chi connectivity index (χ4n) is 5.02. The lowest BCUT2D eigenvalue weighted by atomic mass is 9.81. The second kappa shape index (κ2) is 11.1. The number of alkyl halides is 3. The quantitative estimate of drug-likeness (QED) is 0.240. The van der Waals surface area contributed by atoms with E-state index >= 15 is 0 Å². The van der Waals surface area contributed by atoms with E-state index in [0.717, 1.165) is 29.5 Å². The molecule has 9 nitrogen and oxygen atoms in total. The average Bonchev–Trinajstić information content (AvgIpc) is 3.34. The number of aromatic nitrogens is 2. The molecule has 4 aromatic rings. The molecule has 0 saturated heterocycles. The summed E-state index contributed by atoms with van der Waals surface area (Å²) >= 11 is 5.93. The van der Waals surface area contributed by atoms with Gasteiger partial charge in [0.25, 0.3) is 5.91 Å². The number of nitrogens with zero attached hydrogens (tertiary/aromatic N) is 2. The molecule has 3 heterocycles. The lowest BCUT2D eigenvalue weighted by molar-refractivity contribution is -0.265. The molecule has 14 heteroatoms. The fourth-order valence-corrected chi connectivity index (χ4v) is 5.20. The Balaban J connectivity index is 1.60. The molecule has 2 atom stereocenters. The number of halogens is 5. The van der Waals surface area contributed by atoms with Crippen molar-refractivity contribution in [1.82, 2.24) is 15.3 Å². The number of carbonyl (C=O) groups is 2. The van der Waals surface area contributed by atoms with Gasteiger partial charge < -0.3 is 25.6 Å². The van der Waals surface area contributed by atoms with E-state index in [9.17, 15) is 32.3 Å². The van der Waals surface area contributed by atoms with Gasteiger partial charge in [0.15, 0.2) is 0 Å². The first-order valence-electron chi connectivity index (χ1n) is 13.5. The van der Waals surface area contributed by atoms with Gasteiger partial charge in [-0.05, 0) is 68.8 Å². The van der Waals surface area contributed by atoms with Crippen molar-refractivity contribution >= 4 is 34.3 Å². The highest BCUT2D eigenvalue weighted by Gasteiger charge is 2.57. The van der Waals surface area contributed by atoms with E-state index in [2.05, 4.69) is 15.3 Å². The number of hydrogen-bond donors (Lipinski definition) is 3. The van der Waals surface area contributed by atoms with Gasteiger partial charge in [-0.25, -0.2) is 14.4 Å². The fraction of sp³-hybridized carbons (Fsp3) is 0.290. The van der Waals surface area contributed by atoms with Gasteiger partial charge in [0.2, 0.25) is 11.5 Å². The molecule has 1 aliphatic rings. The number of aliphatic hydroxyl groups is 1. The van der Waals surface area contributed by atoms with E-state index in [1.165, 1.54) is 32.2 Å². The number of pyridine rings is 2. The number of benzene rings is 2. The summed E-state index contributed by atoms with van der Waals surface area (Å²) in [4.78, 5) is 34.2. The Bertz CT molecular complexity index is 1890. The number of hydrogen-bond acceptors (Lipinski definition) is 7. The number of methoxy groups -OCH3 is 1. The molecular formula is C31H27ClF4N4O5. The zero-order valence-electron chi connectivity index (χ0n) is 24.4. The minimum atomic E-state index is -5.39. The maximum absolute atomic E-state index is 14.7. The predicted octanol–water partition coefficient (Wildman–Crippen LogP) is 5.03. The zero-order valence-corrected chi connectivity index (χ0v) is 25.2. The highest BCUT2D eigenvalue weighted by atomic mass is 35.5. The molecule has 2 aromatic heterocycles. The van der Waals surface area contributed by atoms with Crippen molar-refractivity contribution in [2.45, 2.75) is 38.0 Å². The van der Waals surface area contributed by atoms with E-state index in [1.54, 1.807) is 13.0 Å². The molecule has 2 amide bonds. The summed E-state index contributed by atoms with van der Waals surface area (Å²) in [6.07, 6.45) is -5.39. The number of ether oxygens (including phenoxy) is 2. The van der Waals surface area contributed by atoms with Crippen LogP contribution in [-0.4, -0.2) is 53.3 Å². The van der Waals surface area contributed by atoms with Crippen LogP contribution in [0.2, 0.25) is 5.02 Å². The van der Waals surface area contributed by atoms with Crippen molar-refractivity contribution < 1.29 is 41.7 Å². The monoisotopic (exact) mass is 646 g/mol. The van der Waals surface area contributed by atoms with Gasteiger partial charge in [0, 0.05) is 27.8 Å². The van der Waals surface area contributed by atoms with Gasteiger partial charge in [-0.15, -0.1) is 0 Å². The molecule has 1 unspecified atom stereocenters. The molecule has 0 spiro atoms. The molecule has 0 radical (unpaired) electrons. The van der Waals surface area contributed by atoms with E-state index in [4.69, 9.17) is 26.8 Å². The third kappa shape index (κ3) is 5.39. The van der Waals surface area contributed by atoms with Crippen LogP contribution in [0.5, 0.6) is 11.5 Å². The van der Waals surface area contributed by atoms with E-state index < -0.39 is 47.1 Å². The van der Waals surface area contributed by atoms with Gasteiger partial charge in [0.1, 0.15) is 40.5 Å². The van der Waals surface area contributed by atoms with Crippen LogP contribution in [0.15, 0.2) is 42.5 Å². The van der Waals surface area contributed by atoms with Crippen LogP contribution in [0.25, 0.3) is 22.2 Å². The van der Waals surface area contributed by atoms with Crippen molar-refractivity contribution in [2.24, 2.45) is 5.73 Å². The van der Waals surface area contributed by atoms with E-state index in [-0.39, 0.29) is 45.5 Å². The number of nitrogens with two attached hydrogens (primary N) is 1. The van der Waals surface area contributed by atoms with Crippen LogP contribution in [0.4, 0.5) is 17.6 Å². The molecule has 0 saturated carbocycles. The summed E-state index contributed by atoms with van der Waals surface area (Å²) in [5.41, 5.74) is 0.940. The number of fused-ring (bicyclic) bond motifs is 2. The number of aryl methyl sites for hydroxylation is 2. The minimum absolute atomic E-state index is 0.0455. The van der Waals surface area contributed by atoms with Crippen molar-refractivity contribution in [2.75, 3.05) is 20.3 Å². The largest absolute Gasteiger partial charge is 0.494 e. The molecule has 0 fully saturated rings.